The van der Waals surface area contributed by atoms with Gasteiger partial charge in [-0.2, -0.15) is 0 Å². The zero-order valence-corrected chi connectivity index (χ0v) is 15.5. The van der Waals surface area contributed by atoms with Crippen molar-refractivity contribution in [2.24, 2.45) is 0 Å². The van der Waals surface area contributed by atoms with Crippen molar-refractivity contribution >= 4 is 17.2 Å². The van der Waals surface area contributed by atoms with Gasteiger partial charge >= 0.3 is 0 Å². The lowest BCUT2D eigenvalue weighted by Crippen LogP contribution is -2.58. The molecule has 2 aliphatic rings. The van der Waals surface area contributed by atoms with Crippen molar-refractivity contribution in [3.63, 3.8) is 0 Å². The van der Waals surface area contributed by atoms with Gasteiger partial charge in [0, 0.05) is 23.7 Å². The van der Waals surface area contributed by atoms with Gasteiger partial charge in [-0.25, -0.2) is 0 Å². The summed E-state index contributed by atoms with van der Waals surface area (Å²) in [6, 6.07) is 20.4. The van der Waals surface area contributed by atoms with Crippen LogP contribution in [0.1, 0.15) is 25.7 Å². The van der Waals surface area contributed by atoms with E-state index in [4.69, 9.17) is 4.74 Å². The van der Waals surface area contributed by atoms with Gasteiger partial charge in [0.1, 0.15) is 0 Å². The summed E-state index contributed by atoms with van der Waals surface area (Å²) in [6.07, 6.45) is 7.94. The largest absolute Gasteiger partial charge is 0.387 e. The molecular weight excluding hydrogens is 336 g/mol. The Kier molecular flexibility index (Phi) is 5.26. The number of nitrogens with one attached hydrogen (secondary N) is 1. The van der Waals surface area contributed by atoms with Crippen molar-refractivity contribution in [3.8, 4) is 0 Å². The Bertz CT molecular complexity index is 745. The second-order valence-corrected chi connectivity index (χ2v) is 7.35. The standard InChI is InChI=1S/C23H26N2O2/c26-22-15-16-24-17-23(22,27-21-13-7-8-14-21)18-25(19-9-3-1-4-10-19)20-11-5-2-6-12-20/h1-6,9-12,15-16,21,24H,7-8,13-14,17-18H2. The summed E-state index contributed by atoms with van der Waals surface area (Å²) >= 11 is 0. The van der Waals surface area contributed by atoms with E-state index in [9.17, 15) is 4.79 Å². The fourth-order valence-electron chi connectivity index (χ4n) is 4.00. The van der Waals surface area contributed by atoms with Crippen LogP contribution in [0.5, 0.6) is 0 Å². The van der Waals surface area contributed by atoms with Crippen molar-refractivity contribution in [2.45, 2.75) is 37.4 Å². The highest BCUT2D eigenvalue weighted by Gasteiger charge is 2.44. The first-order valence-electron chi connectivity index (χ1n) is 9.77. The van der Waals surface area contributed by atoms with Crippen molar-refractivity contribution in [3.05, 3.63) is 72.9 Å². The second kappa shape index (κ2) is 7.97. The molecule has 0 spiro atoms. The highest BCUT2D eigenvalue weighted by molar-refractivity contribution is 5.99. The fraction of sp³-hybridized carbons (Fsp3) is 0.348. The first kappa shape index (κ1) is 17.8. The van der Waals surface area contributed by atoms with Crippen molar-refractivity contribution < 1.29 is 9.53 Å². The molecule has 2 aromatic rings. The van der Waals surface area contributed by atoms with E-state index in [1.807, 2.05) is 36.4 Å². The molecule has 140 valence electrons. The monoisotopic (exact) mass is 362 g/mol. The molecule has 0 bridgehead atoms. The number of carbonyl (C=O) groups is 1. The Balaban J connectivity index is 1.69. The van der Waals surface area contributed by atoms with E-state index in [0.29, 0.717) is 13.1 Å². The van der Waals surface area contributed by atoms with Gasteiger partial charge in [0.15, 0.2) is 11.4 Å². The lowest BCUT2D eigenvalue weighted by molar-refractivity contribution is -0.146. The van der Waals surface area contributed by atoms with Gasteiger partial charge in [-0.3, -0.25) is 4.79 Å². The molecule has 0 saturated heterocycles. The minimum Gasteiger partial charge on any atom is -0.387 e. The number of anilines is 2. The van der Waals surface area contributed by atoms with Gasteiger partial charge in [-0.1, -0.05) is 49.2 Å². The number of rotatable bonds is 6. The van der Waals surface area contributed by atoms with Crippen LogP contribution in [0.3, 0.4) is 0 Å². The fourth-order valence-corrected chi connectivity index (χ4v) is 4.00. The summed E-state index contributed by atoms with van der Waals surface area (Å²) in [6.45, 7) is 0.975. The van der Waals surface area contributed by atoms with Gasteiger partial charge in [0.25, 0.3) is 0 Å². The number of para-hydroxylation sites is 2. The number of ketones is 1. The molecule has 4 heteroatoms. The number of carbonyl (C=O) groups excluding carboxylic acids is 1. The maximum absolute atomic E-state index is 13.0. The highest BCUT2D eigenvalue weighted by atomic mass is 16.5. The summed E-state index contributed by atoms with van der Waals surface area (Å²) in [5.74, 6) is 0.0463. The molecule has 2 aromatic carbocycles. The molecule has 1 aliphatic carbocycles. The molecule has 0 aromatic heterocycles. The van der Waals surface area contributed by atoms with Gasteiger partial charge in [0.05, 0.1) is 19.2 Å². The molecule has 27 heavy (non-hydrogen) atoms. The van der Waals surface area contributed by atoms with Crippen molar-refractivity contribution in [1.29, 1.82) is 0 Å². The maximum Gasteiger partial charge on any atom is 0.192 e. The molecule has 1 fully saturated rings. The third kappa shape index (κ3) is 3.91. The predicted octanol–water partition coefficient (Wildman–Crippen LogP) is 4.21. The predicted molar refractivity (Wildman–Crippen MR) is 108 cm³/mol. The van der Waals surface area contributed by atoms with Gasteiger partial charge < -0.3 is 15.0 Å². The number of benzene rings is 2. The van der Waals surface area contributed by atoms with Crippen LogP contribution in [0, 0.1) is 0 Å². The molecule has 1 aliphatic heterocycles. The molecule has 1 N–H and O–H groups in total. The van der Waals surface area contributed by atoms with Crippen LogP contribution in [-0.2, 0) is 9.53 Å². The number of hydrogen-bond donors (Lipinski definition) is 1. The molecular formula is C23H26N2O2. The number of ether oxygens (including phenoxy) is 1. The van der Waals surface area contributed by atoms with Crippen LogP contribution < -0.4 is 10.2 Å². The van der Waals surface area contributed by atoms with Crippen LogP contribution in [0.2, 0.25) is 0 Å². The van der Waals surface area contributed by atoms with E-state index in [1.54, 1.807) is 12.3 Å². The minimum absolute atomic E-state index is 0.0463. The maximum atomic E-state index is 13.0. The lowest BCUT2D eigenvalue weighted by atomic mass is 9.93. The van der Waals surface area contributed by atoms with Crippen LogP contribution in [0.4, 0.5) is 11.4 Å². The van der Waals surface area contributed by atoms with Gasteiger partial charge in [-0.15, -0.1) is 0 Å². The Hall–Kier alpha value is -2.59. The number of hydrogen-bond acceptors (Lipinski definition) is 4. The average molecular weight is 362 g/mol. The molecule has 1 atom stereocenters. The molecule has 4 rings (SSSR count). The Morgan fingerprint density at radius 1 is 0.963 bits per heavy atom. The third-order valence-electron chi connectivity index (χ3n) is 5.43. The van der Waals surface area contributed by atoms with E-state index in [2.05, 4.69) is 34.5 Å². The van der Waals surface area contributed by atoms with Crippen molar-refractivity contribution in [1.82, 2.24) is 5.32 Å². The minimum atomic E-state index is -0.880. The normalized spacial score (nSPS) is 22.6. The molecule has 4 nitrogen and oxygen atoms in total. The Labute approximate surface area is 160 Å². The van der Waals surface area contributed by atoms with E-state index < -0.39 is 5.60 Å². The zero-order chi connectivity index (χ0) is 18.5. The smallest absolute Gasteiger partial charge is 0.192 e. The van der Waals surface area contributed by atoms with Crippen LogP contribution in [0.15, 0.2) is 72.9 Å². The lowest BCUT2D eigenvalue weighted by Gasteiger charge is -2.40. The second-order valence-electron chi connectivity index (χ2n) is 7.35. The van der Waals surface area contributed by atoms with E-state index in [0.717, 1.165) is 24.2 Å². The molecule has 1 unspecified atom stereocenters. The van der Waals surface area contributed by atoms with Crippen molar-refractivity contribution in [2.75, 3.05) is 18.0 Å². The molecule has 1 heterocycles. The average Bonchev–Trinajstić information content (AvgIpc) is 3.23. The highest BCUT2D eigenvalue weighted by Crippen LogP contribution is 2.33. The van der Waals surface area contributed by atoms with E-state index >= 15 is 0 Å². The van der Waals surface area contributed by atoms with Crippen LogP contribution >= 0.6 is 0 Å². The summed E-state index contributed by atoms with van der Waals surface area (Å²) in [5, 5.41) is 3.24. The number of nitrogens with zero attached hydrogens (tertiary/aromatic N) is 1. The summed E-state index contributed by atoms with van der Waals surface area (Å²) in [7, 11) is 0. The first-order chi connectivity index (χ1) is 13.3. The van der Waals surface area contributed by atoms with E-state index in [-0.39, 0.29) is 11.9 Å². The summed E-state index contributed by atoms with van der Waals surface area (Å²) in [5.41, 5.74) is 1.23. The third-order valence-corrected chi connectivity index (χ3v) is 5.43. The molecule has 0 amide bonds. The topological polar surface area (TPSA) is 41.6 Å². The first-order valence-corrected chi connectivity index (χ1v) is 9.77. The van der Waals surface area contributed by atoms with Crippen LogP contribution in [0.25, 0.3) is 0 Å². The van der Waals surface area contributed by atoms with E-state index in [1.165, 1.54) is 12.8 Å². The Morgan fingerprint density at radius 2 is 1.56 bits per heavy atom. The SMILES string of the molecule is O=C1C=CNCC1(CN(c1ccccc1)c1ccccc1)OC1CCCC1. The van der Waals surface area contributed by atoms with Crippen LogP contribution in [-0.4, -0.2) is 30.6 Å². The Morgan fingerprint density at radius 3 is 2.11 bits per heavy atom. The zero-order valence-electron chi connectivity index (χ0n) is 15.5. The van der Waals surface area contributed by atoms with Gasteiger partial charge in [-0.05, 0) is 37.1 Å². The quantitative estimate of drug-likeness (QED) is 0.836. The summed E-state index contributed by atoms with van der Waals surface area (Å²) in [4.78, 5) is 15.2. The molecule has 0 radical (unpaired) electrons. The van der Waals surface area contributed by atoms with Gasteiger partial charge in [0.2, 0.25) is 0 Å². The summed E-state index contributed by atoms with van der Waals surface area (Å²) < 4.78 is 6.52. The molecule has 1 saturated carbocycles.